The van der Waals surface area contributed by atoms with E-state index in [9.17, 15) is 0 Å². The molecule has 1 aliphatic rings. The maximum absolute atomic E-state index is 2.40. The summed E-state index contributed by atoms with van der Waals surface area (Å²) in [6.45, 7) is 4.54. The van der Waals surface area contributed by atoms with Gasteiger partial charge in [0.1, 0.15) is 0 Å². The van der Waals surface area contributed by atoms with Crippen LogP contribution in [0, 0.1) is 0 Å². The zero-order valence-electron chi connectivity index (χ0n) is 9.19. The monoisotopic (exact) mass is 344 g/mol. The fourth-order valence-electron chi connectivity index (χ4n) is 1.80. The van der Waals surface area contributed by atoms with Crippen molar-refractivity contribution in [2.24, 2.45) is 0 Å². The van der Waals surface area contributed by atoms with E-state index >= 15 is 0 Å². The van der Waals surface area contributed by atoms with Crippen LogP contribution in [0.4, 0.5) is 0 Å². The van der Waals surface area contributed by atoms with Gasteiger partial charge in [-0.1, -0.05) is 0 Å². The Morgan fingerprint density at radius 2 is 1.73 bits per heavy atom. The van der Waals surface area contributed by atoms with E-state index < -0.39 is 0 Å². The quantitative estimate of drug-likeness (QED) is 0.477. The van der Waals surface area contributed by atoms with Crippen molar-refractivity contribution in [2.75, 3.05) is 0 Å². The van der Waals surface area contributed by atoms with Crippen molar-refractivity contribution in [3.8, 4) is 0 Å². The first-order valence-electron chi connectivity index (χ1n) is 4.87. The SMILES string of the molecule is CCCC1=CC=C[C]1([Zr+3])CCC.[Cl-].[Cl-].[Cl-]. The molecule has 1 rings (SSSR count). The molecule has 0 aromatic carbocycles. The molecule has 0 heterocycles. The van der Waals surface area contributed by atoms with Crippen molar-refractivity contribution < 1.29 is 61.9 Å². The van der Waals surface area contributed by atoms with Gasteiger partial charge in [0.2, 0.25) is 0 Å². The molecule has 0 spiro atoms. The van der Waals surface area contributed by atoms with E-state index in [4.69, 9.17) is 0 Å². The average molecular weight is 347 g/mol. The van der Waals surface area contributed by atoms with Crippen LogP contribution >= 0.6 is 0 Å². The van der Waals surface area contributed by atoms with Crippen molar-refractivity contribution in [3.05, 3.63) is 23.8 Å². The number of halogens is 3. The van der Waals surface area contributed by atoms with Gasteiger partial charge in [0.25, 0.3) is 0 Å². The Labute approximate surface area is 127 Å². The van der Waals surface area contributed by atoms with Gasteiger partial charge in [0, 0.05) is 0 Å². The second kappa shape index (κ2) is 10.4. The third-order valence-electron chi connectivity index (χ3n) is 2.41. The zero-order valence-corrected chi connectivity index (χ0v) is 13.9. The summed E-state index contributed by atoms with van der Waals surface area (Å²) in [5.41, 5.74) is 1.67. The molecule has 4 heteroatoms. The van der Waals surface area contributed by atoms with Crippen molar-refractivity contribution in [2.45, 2.75) is 42.7 Å². The Kier molecular flexibility index (Phi) is 14.9. The van der Waals surface area contributed by atoms with Crippen LogP contribution in [0.2, 0.25) is 3.12 Å². The van der Waals surface area contributed by atoms with E-state index in [1.54, 1.807) is 30.3 Å². The van der Waals surface area contributed by atoms with Gasteiger partial charge >= 0.3 is 91.2 Å². The van der Waals surface area contributed by atoms with E-state index in [1.165, 1.54) is 25.7 Å². The van der Waals surface area contributed by atoms with Crippen LogP contribution in [0.25, 0.3) is 0 Å². The standard InChI is InChI=1S/C11H17.3ClH.Zr/c1-3-6-10-8-5-9-11(10)7-4-2;;;;/h5,8-9H,3-4,6-7H2,1-2H3;3*1H;/q;;;;+3/p-3. The van der Waals surface area contributed by atoms with E-state index in [-0.39, 0.29) is 37.2 Å². The third-order valence-corrected chi connectivity index (χ3v) is 4.23. The second-order valence-electron chi connectivity index (χ2n) is 3.52. The molecule has 0 aromatic heterocycles. The van der Waals surface area contributed by atoms with Crippen molar-refractivity contribution in [1.29, 1.82) is 0 Å². The summed E-state index contributed by atoms with van der Waals surface area (Å²) in [6, 6.07) is 0. The molecule has 0 aromatic rings. The molecular formula is C11H17Cl3Zr. The molecule has 1 atom stereocenters. The minimum absolute atomic E-state index is 0. The molecule has 15 heavy (non-hydrogen) atoms. The first-order chi connectivity index (χ1) is 5.73. The van der Waals surface area contributed by atoms with Gasteiger partial charge < -0.3 is 37.2 Å². The molecule has 0 N–H and O–H groups in total. The molecule has 1 unspecified atom stereocenters. The third kappa shape index (κ3) is 5.92. The average Bonchev–Trinajstić information content (AvgIpc) is 2.35. The maximum Gasteiger partial charge on any atom is -1.00 e. The Hall–Kier alpha value is 1.23. The van der Waals surface area contributed by atoms with E-state index in [1.807, 2.05) is 0 Å². The minimum atomic E-state index is 0. The summed E-state index contributed by atoms with van der Waals surface area (Å²) in [7, 11) is 0. The van der Waals surface area contributed by atoms with Crippen molar-refractivity contribution in [1.82, 2.24) is 0 Å². The van der Waals surface area contributed by atoms with Crippen molar-refractivity contribution in [3.63, 3.8) is 0 Å². The molecule has 86 valence electrons. The summed E-state index contributed by atoms with van der Waals surface area (Å²) < 4.78 is 0.484. The van der Waals surface area contributed by atoms with Gasteiger partial charge in [-0.3, -0.25) is 0 Å². The Morgan fingerprint density at radius 1 is 1.13 bits per heavy atom. The molecule has 0 radical (unpaired) electrons. The van der Waals surface area contributed by atoms with Gasteiger partial charge in [-0.15, -0.1) is 0 Å². The first-order valence-corrected chi connectivity index (χ1v) is 6.09. The van der Waals surface area contributed by atoms with Crippen LogP contribution < -0.4 is 37.2 Å². The summed E-state index contributed by atoms with van der Waals surface area (Å²) in [4.78, 5) is 0. The number of allylic oxidation sites excluding steroid dienone is 4. The Morgan fingerprint density at radius 3 is 2.20 bits per heavy atom. The van der Waals surface area contributed by atoms with Crippen LogP contribution in [0.3, 0.4) is 0 Å². The van der Waals surface area contributed by atoms with Crippen LogP contribution in [0.15, 0.2) is 23.8 Å². The van der Waals surface area contributed by atoms with Crippen molar-refractivity contribution >= 4 is 0 Å². The predicted molar refractivity (Wildman–Crippen MR) is 49.7 cm³/mol. The van der Waals surface area contributed by atoms with Crippen LogP contribution in [0.1, 0.15) is 39.5 Å². The molecule has 0 saturated heterocycles. The fraction of sp³-hybridized carbons (Fsp3) is 0.636. The van der Waals surface area contributed by atoms with Gasteiger partial charge in [-0.25, -0.2) is 0 Å². The number of hydrogen-bond acceptors (Lipinski definition) is 0. The Bertz CT molecular complexity index is 214. The van der Waals surface area contributed by atoms with E-state index in [0.29, 0.717) is 3.12 Å². The van der Waals surface area contributed by atoms with E-state index in [2.05, 4.69) is 32.1 Å². The van der Waals surface area contributed by atoms with Crippen LogP contribution in [0.5, 0.6) is 0 Å². The molecule has 0 nitrogen and oxygen atoms in total. The van der Waals surface area contributed by atoms with E-state index in [0.717, 1.165) is 0 Å². The van der Waals surface area contributed by atoms with Crippen LogP contribution in [-0.4, -0.2) is 0 Å². The van der Waals surface area contributed by atoms with Gasteiger partial charge in [-0.05, 0) is 0 Å². The summed E-state index contributed by atoms with van der Waals surface area (Å²) >= 11 is 1.66. The molecule has 0 amide bonds. The number of hydrogen-bond donors (Lipinski definition) is 0. The zero-order chi connectivity index (χ0) is 9.03. The fourth-order valence-corrected chi connectivity index (χ4v) is 3.16. The molecule has 0 bridgehead atoms. The summed E-state index contributed by atoms with van der Waals surface area (Å²) in [5.74, 6) is 0. The topological polar surface area (TPSA) is 0 Å². The minimum Gasteiger partial charge on any atom is -1.00 e. The second-order valence-corrected chi connectivity index (χ2v) is 5.72. The Balaban J connectivity index is -0.000000480. The van der Waals surface area contributed by atoms with Gasteiger partial charge in [0.15, 0.2) is 0 Å². The molecule has 0 saturated carbocycles. The maximum atomic E-state index is 2.40. The molecule has 0 aliphatic heterocycles. The summed E-state index contributed by atoms with van der Waals surface area (Å²) in [6.07, 6.45) is 12.2. The van der Waals surface area contributed by atoms with Gasteiger partial charge in [-0.2, -0.15) is 0 Å². The molecular weight excluding hydrogens is 330 g/mol. The van der Waals surface area contributed by atoms with Crippen LogP contribution in [-0.2, 0) is 24.7 Å². The number of rotatable bonds is 4. The van der Waals surface area contributed by atoms with Gasteiger partial charge in [0.05, 0.1) is 0 Å². The first kappa shape index (κ1) is 21.5. The molecule has 0 fully saturated rings. The molecule has 1 aliphatic carbocycles. The predicted octanol–water partition coefficient (Wildman–Crippen LogP) is -5.20. The largest absolute Gasteiger partial charge is 1.00 e. The smallest absolute Gasteiger partial charge is 1.00 e. The normalized spacial score (nSPS) is 22.3. The summed E-state index contributed by atoms with van der Waals surface area (Å²) in [5, 5.41) is 0.